The van der Waals surface area contributed by atoms with Crippen LogP contribution in [-0.2, 0) is 0 Å². The van der Waals surface area contributed by atoms with Crippen LogP contribution in [0.2, 0.25) is 0 Å². The lowest BCUT2D eigenvalue weighted by molar-refractivity contribution is 0.154. The smallest absolute Gasteiger partial charge is 0.0351 e. The van der Waals surface area contributed by atoms with Gasteiger partial charge in [0, 0.05) is 19.0 Å². The molecule has 2 aliphatic heterocycles. The highest BCUT2D eigenvalue weighted by Crippen LogP contribution is 2.36. The molecule has 2 radical (unpaired) electrons. The lowest BCUT2D eigenvalue weighted by Gasteiger charge is -2.40. The molecule has 0 aliphatic carbocycles. The van der Waals surface area contributed by atoms with Gasteiger partial charge in [0.25, 0.3) is 0 Å². The summed E-state index contributed by atoms with van der Waals surface area (Å²) in [6.07, 6.45) is 7.57. The SMILES string of the molecule is [C]1CN2CCCCC2c2ccccc21. The van der Waals surface area contributed by atoms with E-state index >= 15 is 0 Å². The zero-order chi connectivity index (χ0) is 9.38. The van der Waals surface area contributed by atoms with Crippen LogP contribution < -0.4 is 0 Å². The van der Waals surface area contributed by atoms with Crippen molar-refractivity contribution in [2.45, 2.75) is 25.3 Å². The quantitative estimate of drug-likeness (QED) is 0.600. The molecule has 0 N–H and O–H groups in total. The average molecular weight is 185 g/mol. The van der Waals surface area contributed by atoms with Crippen LogP contribution >= 0.6 is 0 Å². The van der Waals surface area contributed by atoms with Gasteiger partial charge in [0.15, 0.2) is 0 Å². The Balaban J connectivity index is 1.99. The van der Waals surface area contributed by atoms with Crippen molar-refractivity contribution in [2.75, 3.05) is 13.1 Å². The Morgan fingerprint density at radius 1 is 1.21 bits per heavy atom. The number of rotatable bonds is 0. The summed E-state index contributed by atoms with van der Waals surface area (Å²) in [6, 6.07) is 9.41. The fraction of sp³-hybridized carbons (Fsp3) is 0.462. The highest BCUT2D eigenvalue weighted by molar-refractivity contribution is 5.38. The van der Waals surface area contributed by atoms with Gasteiger partial charge in [-0.25, -0.2) is 0 Å². The van der Waals surface area contributed by atoms with Crippen molar-refractivity contribution < 1.29 is 0 Å². The van der Waals surface area contributed by atoms with E-state index in [0.29, 0.717) is 6.04 Å². The first-order valence-corrected chi connectivity index (χ1v) is 5.52. The molecule has 0 spiro atoms. The summed E-state index contributed by atoms with van der Waals surface area (Å²) in [6.45, 7) is 2.29. The predicted octanol–water partition coefficient (Wildman–Crippen LogP) is 2.66. The molecule has 0 aromatic heterocycles. The predicted molar refractivity (Wildman–Crippen MR) is 57.0 cm³/mol. The van der Waals surface area contributed by atoms with Crippen LogP contribution in [0.25, 0.3) is 0 Å². The van der Waals surface area contributed by atoms with Gasteiger partial charge < -0.3 is 0 Å². The maximum absolute atomic E-state index is 3.49. The second kappa shape index (κ2) is 3.39. The lowest BCUT2D eigenvalue weighted by Crippen LogP contribution is -2.37. The van der Waals surface area contributed by atoms with Crippen LogP contribution in [0, 0.1) is 6.42 Å². The first kappa shape index (κ1) is 8.49. The summed E-state index contributed by atoms with van der Waals surface area (Å²) in [5, 5.41) is 0. The molecule has 72 valence electrons. The van der Waals surface area contributed by atoms with Crippen LogP contribution in [0.3, 0.4) is 0 Å². The van der Waals surface area contributed by atoms with Gasteiger partial charge in [-0.05, 0) is 30.5 Å². The second-order valence-electron chi connectivity index (χ2n) is 4.25. The van der Waals surface area contributed by atoms with Crippen LogP contribution in [0.4, 0.5) is 0 Å². The lowest BCUT2D eigenvalue weighted by atomic mass is 9.87. The summed E-state index contributed by atoms with van der Waals surface area (Å²) in [7, 11) is 0. The van der Waals surface area contributed by atoms with Crippen molar-refractivity contribution in [2.24, 2.45) is 0 Å². The fourth-order valence-corrected chi connectivity index (χ4v) is 2.67. The average Bonchev–Trinajstić information content (AvgIpc) is 2.29. The Labute approximate surface area is 85.7 Å². The summed E-state index contributed by atoms with van der Waals surface area (Å²) in [5.41, 5.74) is 2.84. The minimum absolute atomic E-state index is 0.682. The van der Waals surface area contributed by atoms with Gasteiger partial charge >= 0.3 is 0 Å². The monoisotopic (exact) mass is 185 g/mol. The Morgan fingerprint density at radius 2 is 2.14 bits per heavy atom. The summed E-state index contributed by atoms with van der Waals surface area (Å²) >= 11 is 0. The normalized spacial score (nSPS) is 26.7. The molecule has 1 heteroatoms. The van der Waals surface area contributed by atoms with Gasteiger partial charge in [-0.2, -0.15) is 0 Å². The van der Waals surface area contributed by atoms with E-state index in [2.05, 4.69) is 35.6 Å². The molecular weight excluding hydrogens is 170 g/mol. The molecule has 1 atom stereocenters. The molecule has 1 fully saturated rings. The zero-order valence-electron chi connectivity index (χ0n) is 8.37. The van der Waals surface area contributed by atoms with Crippen LogP contribution in [0.5, 0.6) is 0 Å². The van der Waals surface area contributed by atoms with Crippen LogP contribution in [0.1, 0.15) is 36.4 Å². The van der Waals surface area contributed by atoms with Gasteiger partial charge in [0.05, 0.1) is 0 Å². The van der Waals surface area contributed by atoms with E-state index in [9.17, 15) is 0 Å². The molecule has 1 aromatic rings. The highest BCUT2D eigenvalue weighted by Gasteiger charge is 2.28. The van der Waals surface area contributed by atoms with Crippen molar-refractivity contribution in [3.63, 3.8) is 0 Å². The molecule has 0 bridgehead atoms. The number of fused-ring (bicyclic) bond motifs is 3. The van der Waals surface area contributed by atoms with E-state index in [0.717, 1.165) is 6.54 Å². The van der Waals surface area contributed by atoms with Crippen molar-refractivity contribution in [3.8, 4) is 0 Å². The second-order valence-corrected chi connectivity index (χ2v) is 4.25. The summed E-state index contributed by atoms with van der Waals surface area (Å²) in [4.78, 5) is 2.56. The molecule has 0 saturated carbocycles. The number of benzene rings is 1. The number of nitrogens with zero attached hydrogens (tertiary/aromatic N) is 1. The molecule has 14 heavy (non-hydrogen) atoms. The van der Waals surface area contributed by atoms with Crippen LogP contribution in [0.15, 0.2) is 24.3 Å². The van der Waals surface area contributed by atoms with Gasteiger partial charge in [-0.3, -0.25) is 4.90 Å². The van der Waals surface area contributed by atoms with E-state index in [1.165, 1.54) is 36.9 Å². The largest absolute Gasteiger partial charge is 0.295 e. The topological polar surface area (TPSA) is 3.24 Å². The first-order chi connectivity index (χ1) is 6.95. The Bertz CT molecular complexity index is 332. The fourth-order valence-electron chi connectivity index (χ4n) is 2.67. The molecule has 1 saturated heterocycles. The Kier molecular flexibility index (Phi) is 2.06. The Hall–Kier alpha value is -0.820. The highest BCUT2D eigenvalue weighted by atomic mass is 15.2. The molecule has 2 heterocycles. The third-order valence-electron chi connectivity index (χ3n) is 3.41. The number of hydrogen-bond donors (Lipinski definition) is 0. The van der Waals surface area contributed by atoms with E-state index in [1.807, 2.05) is 0 Å². The van der Waals surface area contributed by atoms with Crippen molar-refractivity contribution in [1.82, 2.24) is 4.90 Å². The molecule has 2 aliphatic rings. The van der Waals surface area contributed by atoms with Gasteiger partial charge in [0.1, 0.15) is 0 Å². The van der Waals surface area contributed by atoms with Crippen molar-refractivity contribution in [1.29, 1.82) is 0 Å². The van der Waals surface area contributed by atoms with E-state index < -0.39 is 0 Å². The molecule has 1 unspecified atom stereocenters. The standard InChI is InChI=1S/C13H15N/c1-2-6-12-11(5-1)8-10-14-9-4-3-7-13(12)14/h1-2,5-6,13H,3-4,7,9-10H2. The van der Waals surface area contributed by atoms with Crippen molar-refractivity contribution in [3.05, 3.63) is 41.8 Å². The molecule has 3 rings (SSSR count). The third kappa shape index (κ3) is 1.27. The van der Waals surface area contributed by atoms with Crippen molar-refractivity contribution >= 4 is 0 Å². The third-order valence-corrected chi connectivity index (χ3v) is 3.41. The maximum Gasteiger partial charge on any atom is 0.0351 e. The van der Waals surface area contributed by atoms with Gasteiger partial charge in [0.2, 0.25) is 0 Å². The van der Waals surface area contributed by atoms with E-state index in [4.69, 9.17) is 0 Å². The first-order valence-electron chi connectivity index (χ1n) is 5.52. The van der Waals surface area contributed by atoms with Gasteiger partial charge in [-0.1, -0.05) is 30.7 Å². The zero-order valence-corrected chi connectivity index (χ0v) is 8.37. The van der Waals surface area contributed by atoms with E-state index in [1.54, 1.807) is 0 Å². The molecular formula is C13H15N. The minimum Gasteiger partial charge on any atom is -0.295 e. The maximum atomic E-state index is 3.49. The van der Waals surface area contributed by atoms with E-state index in [-0.39, 0.29) is 0 Å². The van der Waals surface area contributed by atoms with Gasteiger partial charge in [-0.15, -0.1) is 0 Å². The molecule has 1 nitrogen and oxygen atoms in total. The minimum atomic E-state index is 0.682. The van der Waals surface area contributed by atoms with Crippen LogP contribution in [-0.4, -0.2) is 18.0 Å². The summed E-state index contributed by atoms with van der Waals surface area (Å²) in [5.74, 6) is 0. The number of hydrogen-bond acceptors (Lipinski definition) is 1. The Morgan fingerprint density at radius 3 is 3.14 bits per heavy atom. The molecule has 0 amide bonds. The number of piperidine rings is 1. The summed E-state index contributed by atoms with van der Waals surface area (Å²) < 4.78 is 0. The molecule has 1 aromatic carbocycles.